The topological polar surface area (TPSA) is 49.3 Å². The molecule has 1 atom stereocenters. The first kappa shape index (κ1) is 15.7. The molecule has 110 valence electrons. The van der Waals surface area contributed by atoms with Crippen LogP contribution in [0.2, 0.25) is 0 Å². The van der Waals surface area contributed by atoms with E-state index in [9.17, 15) is 4.79 Å². The van der Waals surface area contributed by atoms with Gasteiger partial charge in [0.2, 0.25) is 0 Å². The zero-order valence-electron chi connectivity index (χ0n) is 11.8. The Kier molecular flexibility index (Phi) is 5.53. The Morgan fingerprint density at radius 2 is 1.95 bits per heavy atom. The molecule has 2 rings (SSSR count). The van der Waals surface area contributed by atoms with Crippen molar-refractivity contribution in [2.45, 2.75) is 19.4 Å². The summed E-state index contributed by atoms with van der Waals surface area (Å²) in [5.41, 5.74) is 2.66. The Bertz CT molecular complexity index is 613. The molecule has 0 radical (unpaired) electrons. The van der Waals surface area contributed by atoms with Crippen LogP contribution in [0.5, 0.6) is 0 Å². The van der Waals surface area contributed by atoms with Crippen molar-refractivity contribution in [2.75, 3.05) is 6.54 Å². The van der Waals surface area contributed by atoms with Gasteiger partial charge in [-0.15, -0.1) is 0 Å². The highest BCUT2D eigenvalue weighted by Gasteiger charge is 2.08. The second-order valence-electron chi connectivity index (χ2n) is 5.05. The standard InChI is InChI=1S/C17H18BrNO2/c1-12(13-5-3-2-4-6-13)10-19-11-15-8-7-14(17(20)21)9-16(15)18/h2-9,12,19H,10-11H2,1H3,(H,20,21). The highest BCUT2D eigenvalue weighted by atomic mass is 79.9. The van der Waals surface area contributed by atoms with Gasteiger partial charge in [0.15, 0.2) is 0 Å². The molecule has 3 nitrogen and oxygen atoms in total. The Morgan fingerprint density at radius 1 is 1.24 bits per heavy atom. The molecule has 4 heteroatoms. The summed E-state index contributed by atoms with van der Waals surface area (Å²) in [4.78, 5) is 10.9. The molecular formula is C17H18BrNO2. The summed E-state index contributed by atoms with van der Waals surface area (Å²) in [6.07, 6.45) is 0. The summed E-state index contributed by atoms with van der Waals surface area (Å²) >= 11 is 3.42. The fourth-order valence-electron chi connectivity index (χ4n) is 2.15. The molecule has 1 unspecified atom stereocenters. The summed E-state index contributed by atoms with van der Waals surface area (Å²) in [6, 6.07) is 15.5. The van der Waals surface area contributed by atoms with E-state index in [4.69, 9.17) is 5.11 Å². The van der Waals surface area contributed by atoms with Crippen LogP contribution in [0.25, 0.3) is 0 Å². The summed E-state index contributed by atoms with van der Waals surface area (Å²) < 4.78 is 0.822. The second-order valence-corrected chi connectivity index (χ2v) is 5.91. The number of hydrogen-bond donors (Lipinski definition) is 2. The van der Waals surface area contributed by atoms with Crippen LogP contribution in [-0.4, -0.2) is 17.6 Å². The summed E-state index contributed by atoms with van der Waals surface area (Å²) in [7, 11) is 0. The number of nitrogens with one attached hydrogen (secondary N) is 1. The lowest BCUT2D eigenvalue weighted by molar-refractivity contribution is 0.0697. The fraction of sp³-hybridized carbons (Fsp3) is 0.235. The predicted octanol–water partition coefficient (Wildman–Crippen LogP) is 4.04. The Hall–Kier alpha value is -1.65. The van der Waals surface area contributed by atoms with Gasteiger partial charge in [-0.05, 0) is 29.2 Å². The Morgan fingerprint density at radius 3 is 2.57 bits per heavy atom. The number of carboxylic acids is 1. The molecule has 0 bridgehead atoms. The van der Waals surface area contributed by atoms with Crippen LogP contribution >= 0.6 is 15.9 Å². The molecule has 0 saturated heterocycles. The number of carbonyl (C=O) groups is 1. The lowest BCUT2D eigenvalue weighted by atomic mass is 10.0. The molecule has 0 spiro atoms. The minimum Gasteiger partial charge on any atom is -0.478 e. The van der Waals surface area contributed by atoms with Crippen LogP contribution in [0, 0.1) is 0 Å². The van der Waals surface area contributed by atoms with E-state index in [2.05, 4.69) is 40.3 Å². The number of hydrogen-bond acceptors (Lipinski definition) is 2. The third-order valence-corrected chi connectivity index (χ3v) is 4.17. The van der Waals surface area contributed by atoms with Gasteiger partial charge < -0.3 is 10.4 Å². The van der Waals surface area contributed by atoms with Gasteiger partial charge in [0, 0.05) is 17.6 Å². The van der Waals surface area contributed by atoms with E-state index in [1.807, 2.05) is 24.3 Å². The van der Waals surface area contributed by atoms with E-state index < -0.39 is 5.97 Å². The first-order valence-corrected chi connectivity index (χ1v) is 7.64. The summed E-state index contributed by atoms with van der Waals surface area (Å²) in [6.45, 7) is 3.76. The average Bonchev–Trinajstić information content (AvgIpc) is 2.49. The quantitative estimate of drug-likeness (QED) is 0.828. The predicted molar refractivity (Wildman–Crippen MR) is 87.7 cm³/mol. The van der Waals surface area contributed by atoms with Crippen LogP contribution < -0.4 is 5.32 Å². The molecule has 0 saturated carbocycles. The van der Waals surface area contributed by atoms with Gasteiger partial charge in [-0.2, -0.15) is 0 Å². The Labute approximate surface area is 133 Å². The highest BCUT2D eigenvalue weighted by molar-refractivity contribution is 9.10. The normalized spacial score (nSPS) is 12.1. The van der Waals surface area contributed by atoms with E-state index in [-0.39, 0.29) is 0 Å². The molecule has 0 amide bonds. The number of halogens is 1. The lowest BCUT2D eigenvalue weighted by Gasteiger charge is -2.14. The maximum absolute atomic E-state index is 10.9. The highest BCUT2D eigenvalue weighted by Crippen LogP contribution is 2.19. The van der Waals surface area contributed by atoms with Crippen LogP contribution in [0.15, 0.2) is 53.0 Å². The average molecular weight is 348 g/mol. The van der Waals surface area contributed by atoms with E-state index in [0.717, 1.165) is 16.6 Å². The maximum Gasteiger partial charge on any atom is 0.335 e. The second kappa shape index (κ2) is 7.38. The van der Waals surface area contributed by atoms with Crippen molar-refractivity contribution >= 4 is 21.9 Å². The molecule has 0 heterocycles. The first-order valence-electron chi connectivity index (χ1n) is 6.85. The van der Waals surface area contributed by atoms with Gasteiger partial charge in [0.05, 0.1) is 5.56 Å². The van der Waals surface area contributed by atoms with Gasteiger partial charge >= 0.3 is 5.97 Å². The molecule has 0 fully saturated rings. The van der Waals surface area contributed by atoms with Crippen LogP contribution in [0.4, 0.5) is 0 Å². The fourth-order valence-corrected chi connectivity index (χ4v) is 2.67. The minimum atomic E-state index is -0.909. The SMILES string of the molecule is CC(CNCc1ccc(C(=O)O)cc1Br)c1ccccc1. The van der Waals surface area contributed by atoms with Gasteiger partial charge in [0.1, 0.15) is 0 Å². The zero-order valence-corrected chi connectivity index (χ0v) is 13.4. The number of benzene rings is 2. The van der Waals surface area contributed by atoms with Crippen molar-refractivity contribution in [3.05, 3.63) is 69.7 Å². The van der Waals surface area contributed by atoms with Gasteiger partial charge in [0.25, 0.3) is 0 Å². The minimum absolute atomic E-state index is 0.295. The van der Waals surface area contributed by atoms with E-state index in [1.54, 1.807) is 12.1 Å². The molecule has 21 heavy (non-hydrogen) atoms. The van der Waals surface area contributed by atoms with Crippen molar-refractivity contribution in [3.63, 3.8) is 0 Å². The first-order chi connectivity index (χ1) is 10.1. The van der Waals surface area contributed by atoms with Crippen molar-refractivity contribution in [3.8, 4) is 0 Å². The molecule has 0 aliphatic rings. The molecule has 0 aromatic heterocycles. The van der Waals surface area contributed by atoms with Crippen LogP contribution in [-0.2, 0) is 6.54 Å². The molecule has 2 N–H and O–H groups in total. The largest absolute Gasteiger partial charge is 0.478 e. The molecule has 0 aliphatic heterocycles. The van der Waals surface area contributed by atoms with E-state index >= 15 is 0 Å². The summed E-state index contributed by atoms with van der Waals surface area (Å²) in [5, 5.41) is 12.4. The lowest BCUT2D eigenvalue weighted by Crippen LogP contribution is -2.20. The van der Waals surface area contributed by atoms with Crippen LogP contribution in [0.3, 0.4) is 0 Å². The zero-order chi connectivity index (χ0) is 15.2. The maximum atomic E-state index is 10.9. The molecule has 2 aromatic rings. The summed E-state index contributed by atoms with van der Waals surface area (Å²) in [5.74, 6) is -0.476. The number of aromatic carboxylic acids is 1. The van der Waals surface area contributed by atoms with Gasteiger partial charge in [-0.3, -0.25) is 0 Å². The third kappa shape index (κ3) is 4.41. The molecule has 0 aliphatic carbocycles. The van der Waals surface area contributed by atoms with E-state index in [0.29, 0.717) is 18.0 Å². The Balaban J connectivity index is 1.90. The van der Waals surface area contributed by atoms with E-state index in [1.165, 1.54) is 5.56 Å². The van der Waals surface area contributed by atoms with Crippen molar-refractivity contribution in [2.24, 2.45) is 0 Å². The van der Waals surface area contributed by atoms with Crippen LogP contribution in [0.1, 0.15) is 34.3 Å². The third-order valence-electron chi connectivity index (χ3n) is 3.43. The van der Waals surface area contributed by atoms with Gasteiger partial charge in [-0.1, -0.05) is 59.3 Å². The van der Waals surface area contributed by atoms with Crippen molar-refractivity contribution in [1.29, 1.82) is 0 Å². The number of rotatable bonds is 6. The van der Waals surface area contributed by atoms with Crippen molar-refractivity contribution < 1.29 is 9.90 Å². The molecular weight excluding hydrogens is 330 g/mol. The van der Waals surface area contributed by atoms with Crippen molar-refractivity contribution in [1.82, 2.24) is 5.32 Å². The molecule has 2 aromatic carbocycles. The monoisotopic (exact) mass is 347 g/mol. The smallest absolute Gasteiger partial charge is 0.335 e. The number of carboxylic acid groups (broad SMARTS) is 1. The van der Waals surface area contributed by atoms with Gasteiger partial charge in [-0.25, -0.2) is 4.79 Å².